The molecule has 1 aliphatic carbocycles. The van der Waals surface area contributed by atoms with Gasteiger partial charge in [0.05, 0.1) is 5.56 Å². The predicted molar refractivity (Wildman–Crippen MR) is 82.9 cm³/mol. The number of benzene rings is 1. The van der Waals surface area contributed by atoms with E-state index >= 15 is 0 Å². The van der Waals surface area contributed by atoms with Crippen LogP contribution < -0.4 is 5.32 Å². The van der Waals surface area contributed by atoms with Crippen LogP contribution in [0.3, 0.4) is 0 Å². The van der Waals surface area contributed by atoms with Gasteiger partial charge in [-0.2, -0.15) is 0 Å². The monoisotopic (exact) mass is 305 g/mol. The number of carbonyl (C=O) groups excluding carboxylic acids is 1. The number of nitrogens with one attached hydrogen (secondary N) is 1. The van der Waals surface area contributed by atoms with Crippen LogP contribution in [0.1, 0.15) is 48.0 Å². The summed E-state index contributed by atoms with van der Waals surface area (Å²) in [6, 6.07) is 6.79. The number of methoxy groups -OCH3 is 1. The average Bonchev–Trinajstić information content (AvgIpc) is 2.55. The van der Waals surface area contributed by atoms with Gasteiger partial charge >= 0.3 is 5.97 Å². The highest BCUT2D eigenvalue weighted by Crippen LogP contribution is 2.31. The number of aromatic carboxylic acids is 1. The van der Waals surface area contributed by atoms with E-state index in [0.29, 0.717) is 13.0 Å². The van der Waals surface area contributed by atoms with Crippen molar-refractivity contribution >= 4 is 11.9 Å². The summed E-state index contributed by atoms with van der Waals surface area (Å²) < 4.78 is 5.50. The maximum Gasteiger partial charge on any atom is 0.335 e. The number of amides is 1. The van der Waals surface area contributed by atoms with E-state index in [1.54, 1.807) is 25.3 Å². The molecule has 0 radical (unpaired) electrons. The second-order valence-electron chi connectivity index (χ2n) is 5.77. The Labute approximate surface area is 130 Å². The van der Waals surface area contributed by atoms with E-state index in [4.69, 9.17) is 9.84 Å². The van der Waals surface area contributed by atoms with Crippen LogP contribution in [0.4, 0.5) is 0 Å². The number of rotatable bonds is 6. The van der Waals surface area contributed by atoms with Crippen molar-refractivity contribution in [1.29, 1.82) is 0 Å². The van der Waals surface area contributed by atoms with Crippen LogP contribution in [-0.2, 0) is 16.0 Å². The van der Waals surface area contributed by atoms with Gasteiger partial charge in [-0.05, 0) is 37.0 Å². The Morgan fingerprint density at radius 3 is 2.64 bits per heavy atom. The second-order valence-corrected chi connectivity index (χ2v) is 5.77. The molecule has 0 unspecified atom stereocenters. The van der Waals surface area contributed by atoms with E-state index < -0.39 is 11.6 Å². The first-order valence-electron chi connectivity index (χ1n) is 7.73. The SMILES string of the molecule is COC1(C(=O)NCCc2cccc(C(=O)O)c2)CCCCC1. The lowest BCUT2D eigenvalue weighted by molar-refractivity contribution is -0.147. The van der Waals surface area contributed by atoms with Crippen LogP contribution in [0.5, 0.6) is 0 Å². The molecule has 2 N–H and O–H groups in total. The van der Waals surface area contributed by atoms with E-state index in [1.165, 1.54) is 0 Å². The first kappa shape index (κ1) is 16.5. The summed E-state index contributed by atoms with van der Waals surface area (Å²) in [5.41, 5.74) is 0.487. The molecule has 0 bridgehead atoms. The van der Waals surface area contributed by atoms with Crippen molar-refractivity contribution in [2.75, 3.05) is 13.7 Å². The maximum atomic E-state index is 12.4. The minimum atomic E-state index is -0.938. The third-order valence-corrected chi connectivity index (χ3v) is 4.34. The van der Waals surface area contributed by atoms with Gasteiger partial charge in [0.1, 0.15) is 5.60 Å². The highest BCUT2D eigenvalue weighted by atomic mass is 16.5. The van der Waals surface area contributed by atoms with Crippen molar-refractivity contribution in [1.82, 2.24) is 5.32 Å². The average molecular weight is 305 g/mol. The van der Waals surface area contributed by atoms with Crippen molar-refractivity contribution in [3.05, 3.63) is 35.4 Å². The fraction of sp³-hybridized carbons (Fsp3) is 0.529. The number of carboxylic acid groups (broad SMARTS) is 1. The molecule has 1 aliphatic rings. The molecule has 5 nitrogen and oxygen atoms in total. The van der Waals surface area contributed by atoms with E-state index in [9.17, 15) is 9.59 Å². The Morgan fingerprint density at radius 2 is 2.00 bits per heavy atom. The number of hydrogen-bond acceptors (Lipinski definition) is 3. The van der Waals surface area contributed by atoms with Crippen LogP contribution in [-0.4, -0.2) is 36.2 Å². The van der Waals surface area contributed by atoms with Crippen molar-refractivity contribution in [3.63, 3.8) is 0 Å². The molecular weight excluding hydrogens is 282 g/mol. The first-order valence-corrected chi connectivity index (χ1v) is 7.73. The summed E-state index contributed by atoms with van der Waals surface area (Å²) >= 11 is 0. The van der Waals surface area contributed by atoms with E-state index in [2.05, 4.69) is 5.32 Å². The van der Waals surface area contributed by atoms with Crippen LogP contribution in [0.15, 0.2) is 24.3 Å². The second kappa shape index (κ2) is 7.40. The molecule has 0 saturated heterocycles. The molecule has 120 valence electrons. The van der Waals surface area contributed by atoms with Crippen LogP contribution in [0.25, 0.3) is 0 Å². The van der Waals surface area contributed by atoms with Gasteiger partial charge in [-0.25, -0.2) is 4.79 Å². The Kier molecular flexibility index (Phi) is 5.55. The fourth-order valence-electron chi connectivity index (χ4n) is 2.99. The molecule has 2 rings (SSSR count). The Balaban J connectivity index is 1.88. The molecule has 0 atom stereocenters. The smallest absolute Gasteiger partial charge is 0.335 e. The van der Waals surface area contributed by atoms with Gasteiger partial charge < -0.3 is 15.2 Å². The quantitative estimate of drug-likeness (QED) is 0.846. The summed E-state index contributed by atoms with van der Waals surface area (Å²) in [5, 5.41) is 11.9. The van der Waals surface area contributed by atoms with Gasteiger partial charge in [-0.1, -0.05) is 31.4 Å². The highest BCUT2D eigenvalue weighted by molar-refractivity contribution is 5.87. The largest absolute Gasteiger partial charge is 0.478 e. The number of hydrogen-bond donors (Lipinski definition) is 2. The summed E-state index contributed by atoms with van der Waals surface area (Å²) in [6.45, 7) is 0.479. The standard InChI is InChI=1S/C17H23NO4/c1-22-17(9-3-2-4-10-17)16(21)18-11-8-13-6-5-7-14(12-13)15(19)20/h5-7,12H,2-4,8-11H2,1H3,(H,18,21)(H,19,20). The lowest BCUT2D eigenvalue weighted by Crippen LogP contribution is -2.50. The van der Waals surface area contributed by atoms with Gasteiger partial charge in [0, 0.05) is 13.7 Å². The highest BCUT2D eigenvalue weighted by Gasteiger charge is 2.39. The van der Waals surface area contributed by atoms with Crippen LogP contribution in [0.2, 0.25) is 0 Å². The molecule has 0 heterocycles. The van der Waals surface area contributed by atoms with E-state index in [-0.39, 0.29) is 11.5 Å². The predicted octanol–water partition coefficient (Wildman–Crippen LogP) is 2.39. The molecule has 0 aromatic heterocycles. The summed E-state index contributed by atoms with van der Waals surface area (Å²) in [4.78, 5) is 23.3. The van der Waals surface area contributed by atoms with Gasteiger partial charge in [0.2, 0.25) is 0 Å². The number of carboxylic acids is 1. The van der Waals surface area contributed by atoms with Crippen LogP contribution >= 0.6 is 0 Å². The van der Waals surface area contributed by atoms with Gasteiger partial charge in [-0.3, -0.25) is 4.79 Å². The minimum Gasteiger partial charge on any atom is -0.478 e. The van der Waals surface area contributed by atoms with Crippen molar-refractivity contribution in [3.8, 4) is 0 Å². The van der Waals surface area contributed by atoms with Gasteiger partial charge in [0.25, 0.3) is 5.91 Å². The van der Waals surface area contributed by atoms with Gasteiger partial charge in [-0.15, -0.1) is 0 Å². The zero-order chi connectivity index (χ0) is 16.0. The lowest BCUT2D eigenvalue weighted by Gasteiger charge is -2.34. The third-order valence-electron chi connectivity index (χ3n) is 4.34. The van der Waals surface area contributed by atoms with E-state index in [1.807, 2.05) is 6.07 Å². The van der Waals surface area contributed by atoms with Crippen molar-refractivity contribution in [2.24, 2.45) is 0 Å². The first-order chi connectivity index (χ1) is 10.6. The zero-order valence-electron chi connectivity index (χ0n) is 12.9. The molecule has 1 saturated carbocycles. The zero-order valence-corrected chi connectivity index (χ0v) is 12.9. The van der Waals surface area contributed by atoms with Crippen LogP contribution in [0, 0.1) is 0 Å². The van der Waals surface area contributed by atoms with Crippen molar-refractivity contribution < 1.29 is 19.4 Å². The summed E-state index contributed by atoms with van der Waals surface area (Å²) in [6.07, 6.45) is 5.32. The molecule has 1 amide bonds. The topological polar surface area (TPSA) is 75.6 Å². The molecule has 1 fully saturated rings. The molecule has 22 heavy (non-hydrogen) atoms. The molecule has 1 aromatic carbocycles. The minimum absolute atomic E-state index is 0.0518. The van der Waals surface area contributed by atoms with Gasteiger partial charge in [0.15, 0.2) is 0 Å². The lowest BCUT2D eigenvalue weighted by atomic mass is 9.84. The number of carbonyl (C=O) groups is 2. The third kappa shape index (κ3) is 3.85. The Morgan fingerprint density at radius 1 is 1.27 bits per heavy atom. The maximum absolute atomic E-state index is 12.4. The summed E-state index contributed by atoms with van der Waals surface area (Å²) in [7, 11) is 1.60. The molecule has 5 heteroatoms. The molecule has 0 aliphatic heterocycles. The molecular formula is C17H23NO4. The van der Waals surface area contributed by atoms with Crippen molar-refractivity contribution in [2.45, 2.75) is 44.1 Å². The Hall–Kier alpha value is -1.88. The number of ether oxygens (including phenoxy) is 1. The fourth-order valence-corrected chi connectivity index (χ4v) is 2.99. The normalized spacial score (nSPS) is 17.0. The molecule has 0 spiro atoms. The van der Waals surface area contributed by atoms with E-state index in [0.717, 1.165) is 37.7 Å². The molecule has 1 aromatic rings. The Bertz CT molecular complexity index is 535. The summed E-state index contributed by atoms with van der Waals surface area (Å²) in [5.74, 6) is -0.990.